The Hall–Kier alpha value is -0.300. The second kappa shape index (κ2) is 6.22. The minimum Gasteiger partial charge on any atom is -0.480 e. The van der Waals surface area contributed by atoms with Gasteiger partial charge >= 0.3 is 5.97 Å². The number of ether oxygens (including phenoxy) is 1. The van der Waals surface area contributed by atoms with Crippen LogP contribution in [0.3, 0.4) is 0 Å². The van der Waals surface area contributed by atoms with Crippen LogP contribution in [-0.2, 0) is 9.53 Å². The number of carbonyl (C=O) groups is 1. The molecule has 0 saturated carbocycles. The van der Waals surface area contributed by atoms with Crippen molar-refractivity contribution in [3.63, 3.8) is 0 Å². The summed E-state index contributed by atoms with van der Waals surface area (Å²) >= 11 is 2.02. The zero-order valence-corrected chi connectivity index (χ0v) is 12.7. The zero-order valence-electron chi connectivity index (χ0n) is 11.9. The summed E-state index contributed by atoms with van der Waals surface area (Å²) in [5, 5.41) is 8.85. The molecule has 3 aliphatic heterocycles. The van der Waals surface area contributed by atoms with Gasteiger partial charge in [-0.3, -0.25) is 14.6 Å². The number of nitrogens with zero attached hydrogens (tertiary/aromatic N) is 2. The normalized spacial score (nSPS) is 36.5. The monoisotopic (exact) mass is 300 g/mol. The summed E-state index contributed by atoms with van der Waals surface area (Å²) in [4.78, 5) is 15.3. The molecule has 3 heterocycles. The molecule has 0 aromatic carbocycles. The van der Waals surface area contributed by atoms with Gasteiger partial charge in [-0.15, -0.1) is 0 Å². The van der Waals surface area contributed by atoms with Crippen molar-refractivity contribution in [2.75, 3.05) is 50.8 Å². The first-order valence-electron chi connectivity index (χ1n) is 7.57. The molecular formula is C14H24N2O3S. The molecule has 114 valence electrons. The zero-order chi connectivity index (χ0) is 14.0. The first kappa shape index (κ1) is 14.6. The van der Waals surface area contributed by atoms with Crippen molar-refractivity contribution in [1.82, 2.24) is 9.80 Å². The average molecular weight is 300 g/mol. The predicted octanol–water partition coefficient (Wildman–Crippen LogP) is 0.743. The summed E-state index contributed by atoms with van der Waals surface area (Å²) < 4.78 is 6.09. The van der Waals surface area contributed by atoms with Crippen LogP contribution in [0.25, 0.3) is 0 Å². The number of thioether (sulfide) groups is 1. The van der Waals surface area contributed by atoms with Crippen LogP contribution in [0.1, 0.15) is 19.3 Å². The summed E-state index contributed by atoms with van der Waals surface area (Å²) in [6.45, 7) is 4.84. The topological polar surface area (TPSA) is 53.0 Å². The van der Waals surface area contributed by atoms with E-state index >= 15 is 0 Å². The molecule has 1 spiro atoms. The second-order valence-corrected chi connectivity index (χ2v) is 7.29. The Morgan fingerprint density at radius 1 is 1.35 bits per heavy atom. The van der Waals surface area contributed by atoms with Crippen molar-refractivity contribution in [2.24, 2.45) is 0 Å². The molecule has 3 aliphatic rings. The SMILES string of the molecule is O=C(O)CN1CCN(C2CCOC3(CCSC3)C2)CC1. The van der Waals surface area contributed by atoms with Crippen LogP contribution in [0.4, 0.5) is 0 Å². The lowest BCUT2D eigenvalue weighted by Crippen LogP contribution is -2.55. The van der Waals surface area contributed by atoms with Crippen molar-refractivity contribution in [3.8, 4) is 0 Å². The van der Waals surface area contributed by atoms with E-state index in [2.05, 4.69) is 4.90 Å². The third-order valence-corrected chi connectivity index (χ3v) is 6.04. The van der Waals surface area contributed by atoms with Crippen LogP contribution in [0.2, 0.25) is 0 Å². The van der Waals surface area contributed by atoms with E-state index in [0.717, 1.165) is 45.0 Å². The van der Waals surface area contributed by atoms with Crippen LogP contribution in [-0.4, -0.2) is 83.4 Å². The maximum atomic E-state index is 10.7. The summed E-state index contributed by atoms with van der Waals surface area (Å²) in [6.07, 6.45) is 3.50. The quantitative estimate of drug-likeness (QED) is 0.830. The van der Waals surface area contributed by atoms with Gasteiger partial charge in [0.1, 0.15) is 0 Å². The molecule has 0 radical (unpaired) electrons. The smallest absolute Gasteiger partial charge is 0.317 e. The van der Waals surface area contributed by atoms with Gasteiger partial charge in [0.2, 0.25) is 0 Å². The summed E-state index contributed by atoms with van der Waals surface area (Å²) in [5.41, 5.74) is 0.145. The molecule has 1 N–H and O–H groups in total. The second-order valence-electron chi connectivity index (χ2n) is 6.19. The van der Waals surface area contributed by atoms with Crippen LogP contribution in [0.15, 0.2) is 0 Å². The van der Waals surface area contributed by atoms with Crippen molar-refractivity contribution in [2.45, 2.75) is 30.9 Å². The highest BCUT2D eigenvalue weighted by atomic mass is 32.2. The van der Waals surface area contributed by atoms with Crippen molar-refractivity contribution in [3.05, 3.63) is 0 Å². The summed E-state index contributed by atoms with van der Waals surface area (Å²) in [5.74, 6) is 1.67. The summed E-state index contributed by atoms with van der Waals surface area (Å²) in [6, 6.07) is 0.634. The van der Waals surface area contributed by atoms with E-state index in [9.17, 15) is 4.79 Å². The first-order valence-corrected chi connectivity index (χ1v) is 8.72. The molecule has 0 bridgehead atoms. The molecule has 0 aromatic heterocycles. The molecule has 6 heteroatoms. The minimum absolute atomic E-state index is 0.145. The highest BCUT2D eigenvalue weighted by molar-refractivity contribution is 7.99. The fraction of sp³-hybridized carbons (Fsp3) is 0.929. The van der Waals surface area contributed by atoms with E-state index in [4.69, 9.17) is 9.84 Å². The molecule has 0 aromatic rings. The van der Waals surface area contributed by atoms with Crippen LogP contribution in [0, 0.1) is 0 Å². The van der Waals surface area contributed by atoms with Gasteiger partial charge in [-0.25, -0.2) is 0 Å². The Morgan fingerprint density at radius 3 is 2.80 bits per heavy atom. The Morgan fingerprint density at radius 2 is 2.15 bits per heavy atom. The van der Waals surface area contributed by atoms with Crippen molar-refractivity contribution >= 4 is 17.7 Å². The minimum atomic E-state index is -0.716. The van der Waals surface area contributed by atoms with E-state index in [-0.39, 0.29) is 12.1 Å². The molecule has 3 fully saturated rings. The van der Waals surface area contributed by atoms with E-state index in [1.807, 2.05) is 16.7 Å². The number of hydrogen-bond acceptors (Lipinski definition) is 5. The highest BCUT2D eigenvalue weighted by Crippen LogP contribution is 2.39. The third kappa shape index (κ3) is 3.30. The standard InChI is InChI=1S/C14H24N2O3S/c17-13(18)10-15-3-5-16(6-4-15)12-1-7-19-14(9-12)2-8-20-11-14/h12H,1-11H2,(H,17,18). The molecule has 2 unspecified atom stereocenters. The molecule has 3 saturated heterocycles. The molecule has 20 heavy (non-hydrogen) atoms. The highest BCUT2D eigenvalue weighted by Gasteiger charge is 2.42. The van der Waals surface area contributed by atoms with Gasteiger partial charge in [-0.05, 0) is 25.0 Å². The van der Waals surface area contributed by atoms with Gasteiger partial charge in [-0.2, -0.15) is 11.8 Å². The maximum absolute atomic E-state index is 10.7. The lowest BCUT2D eigenvalue weighted by Gasteiger charge is -2.45. The Balaban J connectivity index is 1.51. The van der Waals surface area contributed by atoms with Crippen LogP contribution >= 0.6 is 11.8 Å². The van der Waals surface area contributed by atoms with Crippen molar-refractivity contribution in [1.29, 1.82) is 0 Å². The largest absolute Gasteiger partial charge is 0.480 e. The van der Waals surface area contributed by atoms with E-state index in [1.165, 1.54) is 18.6 Å². The van der Waals surface area contributed by atoms with Gasteiger partial charge < -0.3 is 9.84 Å². The van der Waals surface area contributed by atoms with Crippen LogP contribution in [0.5, 0.6) is 0 Å². The molecule has 3 rings (SSSR count). The number of carboxylic acid groups (broad SMARTS) is 1. The van der Waals surface area contributed by atoms with E-state index in [0.29, 0.717) is 6.04 Å². The summed E-state index contributed by atoms with van der Waals surface area (Å²) in [7, 11) is 0. The molecular weight excluding hydrogens is 276 g/mol. The average Bonchev–Trinajstić information content (AvgIpc) is 2.87. The van der Waals surface area contributed by atoms with Crippen LogP contribution < -0.4 is 0 Å². The Kier molecular flexibility index (Phi) is 4.55. The lowest BCUT2D eigenvalue weighted by atomic mass is 9.88. The first-order chi connectivity index (χ1) is 9.67. The maximum Gasteiger partial charge on any atom is 0.317 e. The molecule has 2 atom stereocenters. The third-order valence-electron chi connectivity index (χ3n) is 4.82. The Bertz CT molecular complexity index is 352. The van der Waals surface area contributed by atoms with Gasteiger partial charge in [0, 0.05) is 44.6 Å². The Labute approximate surface area is 124 Å². The number of carboxylic acids is 1. The fourth-order valence-electron chi connectivity index (χ4n) is 3.65. The van der Waals surface area contributed by atoms with Gasteiger partial charge in [-0.1, -0.05) is 0 Å². The van der Waals surface area contributed by atoms with Gasteiger partial charge in [0.25, 0.3) is 0 Å². The lowest BCUT2D eigenvalue weighted by molar-refractivity contribution is -0.139. The molecule has 0 amide bonds. The van der Waals surface area contributed by atoms with Gasteiger partial charge in [0.05, 0.1) is 12.1 Å². The molecule has 0 aliphatic carbocycles. The number of piperazine rings is 1. The number of rotatable bonds is 3. The van der Waals surface area contributed by atoms with Gasteiger partial charge in [0.15, 0.2) is 0 Å². The van der Waals surface area contributed by atoms with E-state index < -0.39 is 5.97 Å². The van der Waals surface area contributed by atoms with Crippen molar-refractivity contribution < 1.29 is 14.6 Å². The predicted molar refractivity (Wildman–Crippen MR) is 79.3 cm³/mol. The number of hydrogen-bond donors (Lipinski definition) is 1. The van der Waals surface area contributed by atoms with E-state index in [1.54, 1.807) is 0 Å². The fourth-order valence-corrected chi connectivity index (χ4v) is 5.03. The molecule has 5 nitrogen and oxygen atoms in total. The number of aliphatic carboxylic acids is 1.